The number of Topliss-reactive ketones (excluding diaryl/α,β-unsaturated/α-hetero) is 2. The number of hydrogen-bond acceptors (Lipinski definition) is 4. The van der Waals surface area contributed by atoms with E-state index in [1.807, 2.05) is 0 Å². The molecule has 0 spiro atoms. The van der Waals surface area contributed by atoms with E-state index in [1.165, 1.54) is 19.3 Å². The molecule has 0 amide bonds. The monoisotopic (exact) mass is 272 g/mol. The molecule has 0 bridgehead atoms. The Morgan fingerprint density at radius 3 is 2.40 bits per heavy atom. The minimum atomic E-state index is -0.783. The molecule has 0 saturated carbocycles. The minimum Gasteiger partial charge on any atom is -0.504 e. The van der Waals surface area contributed by atoms with Crippen LogP contribution in [-0.2, 0) is 0 Å². The summed E-state index contributed by atoms with van der Waals surface area (Å²) in [6.07, 6.45) is 1.54. The lowest BCUT2D eigenvalue weighted by molar-refractivity contribution is 0.0914. The van der Waals surface area contributed by atoms with Gasteiger partial charge in [0, 0.05) is 16.5 Å². The third-order valence-corrected chi connectivity index (χ3v) is 3.55. The summed E-state index contributed by atoms with van der Waals surface area (Å²) in [5.74, 6) is -0.974. The first kappa shape index (κ1) is 14.1. The summed E-state index contributed by atoms with van der Waals surface area (Å²) in [6.45, 7) is 7.11. The van der Waals surface area contributed by atoms with Crippen molar-refractivity contribution in [2.75, 3.05) is 7.11 Å². The highest BCUT2D eigenvalue weighted by molar-refractivity contribution is 6.26. The van der Waals surface area contributed by atoms with Gasteiger partial charge in [0.2, 0.25) is 5.78 Å². The third-order valence-electron chi connectivity index (χ3n) is 3.55. The van der Waals surface area contributed by atoms with E-state index in [0.29, 0.717) is 5.75 Å². The van der Waals surface area contributed by atoms with Crippen molar-refractivity contribution in [1.82, 2.24) is 0 Å². The quantitative estimate of drug-likeness (QED) is 0.859. The van der Waals surface area contributed by atoms with Crippen LogP contribution in [0.5, 0.6) is 5.75 Å². The van der Waals surface area contributed by atoms with Gasteiger partial charge in [-0.2, -0.15) is 0 Å². The van der Waals surface area contributed by atoms with E-state index in [0.717, 1.165) is 0 Å². The van der Waals surface area contributed by atoms with Gasteiger partial charge in [0.05, 0.1) is 12.7 Å². The maximum atomic E-state index is 12.5. The molecule has 0 unspecified atom stereocenters. The topological polar surface area (TPSA) is 63.6 Å². The number of fused-ring (bicyclic) bond motifs is 1. The van der Waals surface area contributed by atoms with Crippen LogP contribution in [-0.4, -0.2) is 23.8 Å². The van der Waals surface area contributed by atoms with Crippen molar-refractivity contribution in [3.05, 3.63) is 53.3 Å². The zero-order valence-electron chi connectivity index (χ0n) is 11.7. The van der Waals surface area contributed by atoms with E-state index in [-0.39, 0.29) is 22.5 Å². The van der Waals surface area contributed by atoms with Gasteiger partial charge in [0.1, 0.15) is 5.75 Å². The van der Waals surface area contributed by atoms with Gasteiger partial charge in [0.15, 0.2) is 11.5 Å². The normalized spacial score (nSPS) is 15.2. The number of ether oxygens (including phenoxy) is 1. The molecule has 0 aliphatic heterocycles. The van der Waals surface area contributed by atoms with E-state index in [4.69, 9.17) is 4.74 Å². The van der Waals surface area contributed by atoms with Crippen LogP contribution in [0.2, 0.25) is 0 Å². The van der Waals surface area contributed by atoms with Gasteiger partial charge in [-0.15, -0.1) is 6.58 Å². The van der Waals surface area contributed by atoms with Crippen LogP contribution in [0.3, 0.4) is 0 Å². The predicted molar refractivity (Wildman–Crippen MR) is 75.3 cm³/mol. The fourth-order valence-corrected chi connectivity index (χ4v) is 2.22. The molecule has 4 nitrogen and oxygen atoms in total. The lowest BCUT2D eigenvalue weighted by Crippen LogP contribution is -2.29. The molecular formula is C16H16O4. The second-order valence-corrected chi connectivity index (χ2v) is 5.22. The van der Waals surface area contributed by atoms with Crippen molar-refractivity contribution in [3.8, 4) is 5.75 Å². The molecule has 4 heteroatoms. The van der Waals surface area contributed by atoms with Gasteiger partial charge in [-0.25, -0.2) is 0 Å². The van der Waals surface area contributed by atoms with Crippen LogP contribution in [0.1, 0.15) is 34.6 Å². The molecule has 1 aromatic rings. The summed E-state index contributed by atoms with van der Waals surface area (Å²) < 4.78 is 5.04. The number of carbonyl (C=O) groups is 2. The Hall–Kier alpha value is -2.36. The van der Waals surface area contributed by atoms with Gasteiger partial charge >= 0.3 is 0 Å². The standard InChI is InChI=1S/C16H16O4/c1-5-16(2,3)12-13(17)10-7-6-9(20-4)8-11(10)14(18)15(12)19/h5-8,19H,1H2,2-4H3. The highest BCUT2D eigenvalue weighted by atomic mass is 16.5. The van der Waals surface area contributed by atoms with Crippen LogP contribution >= 0.6 is 0 Å². The molecule has 1 N–H and O–H groups in total. The summed E-state index contributed by atoms with van der Waals surface area (Å²) in [5, 5.41) is 10.1. The van der Waals surface area contributed by atoms with E-state index in [1.54, 1.807) is 26.0 Å². The average molecular weight is 272 g/mol. The van der Waals surface area contributed by atoms with Gasteiger partial charge in [-0.05, 0) is 18.2 Å². The Morgan fingerprint density at radius 2 is 1.85 bits per heavy atom. The summed E-state index contributed by atoms with van der Waals surface area (Å²) >= 11 is 0. The predicted octanol–water partition coefficient (Wildman–Crippen LogP) is 3.10. The number of allylic oxidation sites excluding steroid dienone is 3. The number of hydrogen-bond donors (Lipinski definition) is 1. The second-order valence-electron chi connectivity index (χ2n) is 5.22. The van der Waals surface area contributed by atoms with E-state index in [9.17, 15) is 14.7 Å². The average Bonchev–Trinajstić information content (AvgIpc) is 2.44. The van der Waals surface area contributed by atoms with Gasteiger partial charge in [0.25, 0.3) is 0 Å². The van der Waals surface area contributed by atoms with E-state index < -0.39 is 17.0 Å². The molecule has 1 aliphatic carbocycles. The Kier molecular flexibility index (Phi) is 3.26. The van der Waals surface area contributed by atoms with Gasteiger partial charge in [-0.1, -0.05) is 19.9 Å². The van der Waals surface area contributed by atoms with Crippen LogP contribution in [0.4, 0.5) is 0 Å². The zero-order chi connectivity index (χ0) is 15.1. The summed E-state index contributed by atoms with van der Waals surface area (Å²) in [5.41, 5.74) is -0.266. The fourth-order valence-electron chi connectivity index (χ4n) is 2.22. The number of carbonyl (C=O) groups excluding carboxylic acids is 2. The highest BCUT2D eigenvalue weighted by Crippen LogP contribution is 2.37. The third kappa shape index (κ3) is 1.93. The molecule has 1 aliphatic rings. The van der Waals surface area contributed by atoms with Gasteiger partial charge in [-0.3, -0.25) is 9.59 Å². The molecule has 0 aromatic heterocycles. The van der Waals surface area contributed by atoms with Crippen molar-refractivity contribution >= 4 is 11.6 Å². The second kappa shape index (κ2) is 4.63. The van der Waals surface area contributed by atoms with Gasteiger partial charge < -0.3 is 9.84 Å². The first-order valence-electron chi connectivity index (χ1n) is 6.18. The molecule has 0 atom stereocenters. The maximum Gasteiger partial charge on any atom is 0.228 e. The molecule has 104 valence electrons. The Bertz CT molecular complexity index is 650. The molecule has 0 heterocycles. The number of ketones is 2. The number of aliphatic hydroxyl groups is 1. The number of aliphatic hydroxyl groups excluding tert-OH is 1. The van der Waals surface area contributed by atoms with Crippen LogP contribution in [0.25, 0.3) is 0 Å². The molecule has 0 fully saturated rings. The number of benzene rings is 1. The summed E-state index contributed by atoms with van der Waals surface area (Å²) in [6, 6.07) is 4.62. The molecule has 2 rings (SSSR count). The summed E-state index contributed by atoms with van der Waals surface area (Å²) in [7, 11) is 1.47. The maximum absolute atomic E-state index is 12.5. The largest absolute Gasteiger partial charge is 0.504 e. The van der Waals surface area contributed by atoms with Crippen molar-refractivity contribution in [2.24, 2.45) is 5.41 Å². The Labute approximate surface area is 117 Å². The molecular weight excluding hydrogens is 256 g/mol. The SMILES string of the molecule is C=CC(C)(C)C1=C(O)C(=O)c2cc(OC)ccc2C1=O. The zero-order valence-corrected chi connectivity index (χ0v) is 11.7. The first-order valence-corrected chi connectivity index (χ1v) is 6.18. The smallest absolute Gasteiger partial charge is 0.228 e. The fraction of sp³-hybridized carbons (Fsp3) is 0.250. The lowest BCUT2D eigenvalue weighted by atomic mass is 9.75. The Balaban J connectivity index is 2.68. The molecule has 20 heavy (non-hydrogen) atoms. The van der Waals surface area contributed by atoms with Crippen molar-refractivity contribution in [1.29, 1.82) is 0 Å². The van der Waals surface area contributed by atoms with Crippen LogP contribution < -0.4 is 4.74 Å². The highest BCUT2D eigenvalue weighted by Gasteiger charge is 2.38. The van der Waals surface area contributed by atoms with Crippen molar-refractivity contribution in [3.63, 3.8) is 0 Å². The molecule has 1 aromatic carbocycles. The lowest BCUT2D eigenvalue weighted by Gasteiger charge is -2.27. The van der Waals surface area contributed by atoms with Crippen LogP contribution in [0, 0.1) is 5.41 Å². The number of rotatable bonds is 3. The molecule has 0 radical (unpaired) electrons. The minimum absolute atomic E-state index is 0.0789. The number of methoxy groups -OCH3 is 1. The van der Waals surface area contributed by atoms with Crippen LogP contribution in [0.15, 0.2) is 42.2 Å². The van der Waals surface area contributed by atoms with Crippen molar-refractivity contribution in [2.45, 2.75) is 13.8 Å². The Morgan fingerprint density at radius 1 is 1.20 bits per heavy atom. The van der Waals surface area contributed by atoms with Crippen molar-refractivity contribution < 1.29 is 19.4 Å². The van der Waals surface area contributed by atoms with E-state index in [2.05, 4.69) is 6.58 Å². The summed E-state index contributed by atoms with van der Waals surface area (Å²) in [4.78, 5) is 24.8. The first-order chi connectivity index (χ1) is 9.33. The van der Waals surface area contributed by atoms with E-state index >= 15 is 0 Å². The molecule has 0 saturated heterocycles.